The van der Waals surface area contributed by atoms with Crippen LogP contribution in [0.25, 0.3) is 0 Å². The Bertz CT molecular complexity index is 590. The van der Waals surface area contributed by atoms with E-state index in [1.54, 1.807) is 7.11 Å². The van der Waals surface area contributed by atoms with Crippen LogP contribution in [0.3, 0.4) is 0 Å². The van der Waals surface area contributed by atoms with Gasteiger partial charge in [0, 0.05) is 53.3 Å². The predicted molar refractivity (Wildman–Crippen MR) is 104 cm³/mol. The van der Waals surface area contributed by atoms with E-state index < -0.39 is 0 Å². The number of benzene rings is 1. The Kier molecular flexibility index (Phi) is 7.81. The van der Waals surface area contributed by atoms with Crippen LogP contribution >= 0.6 is 23.2 Å². The highest BCUT2D eigenvalue weighted by Gasteiger charge is 2.32. The number of aliphatic imine (C=N–C) groups is 1. The van der Waals surface area contributed by atoms with Crippen molar-refractivity contribution in [2.75, 3.05) is 40.5 Å². The number of hydrogen-bond acceptors (Lipinski definition) is 3. The SMILES string of the molecule is CCNC(=NCC1(OC)CCOCC1)N(C)Cc1ccc(Cl)c(Cl)c1. The molecule has 140 valence electrons. The van der Waals surface area contributed by atoms with Crippen molar-refractivity contribution < 1.29 is 9.47 Å². The normalized spacial score (nSPS) is 17.4. The average molecular weight is 388 g/mol. The van der Waals surface area contributed by atoms with E-state index in [9.17, 15) is 0 Å². The van der Waals surface area contributed by atoms with Crippen LogP contribution in [-0.4, -0.2) is 56.9 Å². The molecule has 1 N–H and O–H groups in total. The first-order valence-corrected chi connectivity index (χ1v) is 9.31. The van der Waals surface area contributed by atoms with Crippen molar-refractivity contribution in [3.63, 3.8) is 0 Å². The van der Waals surface area contributed by atoms with Crippen LogP contribution < -0.4 is 5.32 Å². The Morgan fingerprint density at radius 1 is 1.32 bits per heavy atom. The van der Waals surface area contributed by atoms with Gasteiger partial charge < -0.3 is 19.7 Å². The number of ether oxygens (including phenoxy) is 2. The summed E-state index contributed by atoms with van der Waals surface area (Å²) in [5.41, 5.74) is 0.846. The van der Waals surface area contributed by atoms with Crippen molar-refractivity contribution in [2.45, 2.75) is 31.9 Å². The Hall–Kier alpha value is -1.01. The van der Waals surface area contributed by atoms with Crippen molar-refractivity contribution in [3.8, 4) is 0 Å². The summed E-state index contributed by atoms with van der Waals surface area (Å²) < 4.78 is 11.2. The fourth-order valence-corrected chi connectivity index (χ4v) is 3.17. The molecule has 0 radical (unpaired) electrons. The predicted octanol–water partition coefficient (Wildman–Crippen LogP) is 3.59. The zero-order chi connectivity index (χ0) is 18.3. The van der Waals surface area contributed by atoms with Crippen molar-refractivity contribution >= 4 is 29.2 Å². The van der Waals surface area contributed by atoms with Crippen LogP contribution in [0.15, 0.2) is 23.2 Å². The standard InChI is InChI=1S/C18H27Cl2N3O2/c1-4-21-17(22-13-18(24-3)7-9-25-10-8-18)23(2)12-14-5-6-15(19)16(20)11-14/h5-6,11H,4,7-10,12-13H2,1-3H3,(H,21,22). The molecule has 1 fully saturated rings. The van der Waals surface area contributed by atoms with Crippen LogP contribution in [0, 0.1) is 0 Å². The summed E-state index contributed by atoms with van der Waals surface area (Å²) in [6.07, 6.45) is 1.73. The van der Waals surface area contributed by atoms with Crippen molar-refractivity contribution in [3.05, 3.63) is 33.8 Å². The van der Waals surface area contributed by atoms with E-state index in [0.717, 1.165) is 44.1 Å². The summed E-state index contributed by atoms with van der Waals surface area (Å²) in [5.74, 6) is 0.844. The van der Waals surface area contributed by atoms with Gasteiger partial charge in [-0.2, -0.15) is 0 Å². The van der Waals surface area contributed by atoms with E-state index in [-0.39, 0.29) is 5.60 Å². The second-order valence-electron chi connectivity index (χ2n) is 6.27. The first-order chi connectivity index (χ1) is 12.0. The minimum atomic E-state index is -0.233. The topological polar surface area (TPSA) is 46.1 Å². The lowest BCUT2D eigenvalue weighted by atomic mass is 9.94. The van der Waals surface area contributed by atoms with Crippen LogP contribution in [0.2, 0.25) is 10.0 Å². The van der Waals surface area contributed by atoms with E-state index in [4.69, 9.17) is 37.7 Å². The molecule has 0 unspecified atom stereocenters. The van der Waals surface area contributed by atoms with E-state index in [1.807, 2.05) is 25.2 Å². The van der Waals surface area contributed by atoms with Crippen molar-refractivity contribution in [1.29, 1.82) is 0 Å². The number of methoxy groups -OCH3 is 1. The number of hydrogen-bond donors (Lipinski definition) is 1. The third-order valence-electron chi connectivity index (χ3n) is 4.45. The lowest BCUT2D eigenvalue weighted by Crippen LogP contribution is -2.44. The maximum atomic E-state index is 6.11. The molecule has 25 heavy (non-hydrogen) atoms. The van der Waals surface area contributed by atoms with Gasteiger partial charge in [0.1, 0.15) is 0 Å². The molecule has 1 aromatic rings. The molecule has 0 aromatic heterocycles. The summed E-state index contributed by atoms with van der Waals surface area (Å²) in [7, 11) is 3.76. The van der Waals surface area contributed by atoms with Gasteiger partial charge in [-0.3, -0.25) is 4.99 Å². The van der Waals surface area contributed by atoms with Gasteiger partial charge >= 0.3 is 0 Å². The zero-order valence-electron chi connectivity index (χ0n) is 15.1. The Morgan fingerprint density at radius 3 is 2.64 bits per heavy atom. The molecule has 1 aliphatic rings. The van der Waals surface area contributed by atoms with Gasteiger partial charge in [0.25, 0.3) is 0 Å². The summed E-state index contributed by atoms with van der Waals surface area (Å²) in [4.78, 5) is 6.88. The Morgan fingerprint density at radius 2 is 2.04 bits per heavy atom. The second kappa shape index (κ2) is 9.62. The van der Waals surface area contributed by atoms with E-state index in [0.29, 0.717) is 23.1 Å². The highest BCUT2D eigenvalue weighted by Crippen LogP contribution is 2.25. The van der Waals surface area contributed by atoms with E-state index >= 15 is 0 Å². The third kappa shape index (κ3) is 5.74. The molecule has 7 heteroatoms. The largest absolute Gasteiger partial charge is 0.381 e. The summed E-state index contributed by atoms with van der Waals surface area (Å²) >= 11 is 12.1. The molecular weight excluding hydrogens is 361 g/mol. The first-order valence-electron chi connectivity index (χ1n) is 8.56. The molecule has 2 rings (SSSR count). The molecule has 0 spiro atoms. The molecule has 1 aliphatic heterocycles. The Labute approximate surface area is 160 Å². The quantitative estimate of drug-likeness (QED) is 0.598. The van der Waals surface area contributed by atoms with Crippen LogP contribution in [0.4, 0.5) is 0 Å². The van der Waals surface area contributed by atoms with Crippen molar-refractivity contribution in [1.82, 2.24) is 10.2 Å². The number of guanidine groups is 1. The smallest absolute Gasteiger partial charge is 0.194 e. The van der Waals surface area contributed by atoms with Gasteiger partial charge in [0.05, 0.1) is 22.2 Å². The monoisotopic (exact) mass is 387 g/mol. The summed E-state index contributed by atoms with van der Waals surface area (Å²) in [6, 6.07) is 5.68. The zero-order valence-corrected chi connectivity index (χ0v) is 16.7. The molecule has 1 heterocycles. The van der Waals surface area contributed by atoms with Gasteiger partial charge in [-0.05, 0) is 24.6 Å². The fraction of sp³-hybridized carbons (Fsp3) is 0.611. The van der Waals surface area contributed by atoms with E-state index in [1.165, 1.54) is 0 Å². The lowest BCUT2D eigenvalue weighted by Gasteiger charge is -2.35. The molecule has 5 nitrogen and oxygen atoms in total. The molecular formula is C18H27Cl2N3O2. The minimum absolute atomic E-state index is 0.233. The molecule has 0 atom stereocenters. The average Bonchev–Trinajstić information content (AvgIpc) is 2.62. The summed E-state index contributed by atoms with van der Waals surface area (Å²) in [5, 5.41) is 4.47. The summed E-state index contributed by atoms with van der Waals surface area (Å²) in [6.45, 7) is 5.60. The molecule has 0 amide bonds. The van der Waals surface area contributed by atoms with Crippen LogP contribution in [0.1, 0.15) is 25.3 Å². The Balaban J connectivity index is 2.07. The van der Waals surface area contributed by atoms with Gasteiger partial charge in [-0.15, -0.1) is 0 Å². The first kappa shape index (κ1) is 20.3. The number of halogens is 2. The fourth-order valence-electron chi connectivity index (χ4n) is 2.85. The molecule has 0 aliphatic carbocycles. The minimum Gasteiger partial charge on any atom is -0.381 e. The maximum Gasteiger partial charge on any atom is 0.194 e. The van der Waals surface area contributed by atoms with Gasteiger partial charge in [0.2, 0.25) is 0 Å². The highest BCUT2D eigenvalue weighted by molar-refractivity contribution is 6.42. The number of rotatable bonds is 6. The number of nitrogens with one attached hydrogen (secondary N) is 1. The molecule has 0 saturated carbocycles. The number of nitrogens with zero attached hydrogens (tertiary/aromatic N) is 2. The van der Waals surface area contributed by atoms with Crippen molar-refractivity contribution in [2.24, 2.45) is 4.99 Å². The van der Waals surface area contributed by atoms with Crippen LogP contribution in [-0.2, 0) is 16.0 Å². The van der Waals surface area contributed by atoms with Gasteiger partial charge in [-0.25, -0.2) is 0 Å². The second-order valence-corrected chi connectivity index (χ2v) is 7.09. The highest BCUT2D eigenvalue weighted by atomic mass is 35.5. The van der Waals surface area contributed by atoms with Gasteiger partial charge in [-0.1, -0.05) is 29.3 Å². The van der Waals surface area contributed by atoms with E-state index in [2.05, 4.69) is 17.1 Å². The lowest BCUT2D eigenvalue weighted by molar-refractivity contribution is -0.0829. The molecule has 0 bridgehead atoms. The molecule has 1 saturated heterocycles. The maximum absolute atomic E-state index is 6.11. The third-order valence-corrected chi connectivity index (χ3v) is 5.19. The van der Waals surface area contributed by atoms with Gasteiger partial charge in [0.15, 0.2) is 5.96 Å². The van der Waals surface area contributed by atoms with Crippen LogP contribution in [0.5, 0.6) is 0 Å². The molecule has 1 aromatic carbocycles.